The number of carbonyl (C=O) groups excluding carboxylic acids is 2. The van der Waals surface area contributed by atoms with E-state index in [2.05, 4.69) is 32.3 Å². The van der Waals surface area contributed by atoms with Crippen LogP contribution in [-0.4, -0.2) is 57.8 Å². The maximum absolute atomic E-state index is 13.3. The van der Waals surface area contributed by atoms with Crippen molar-refractivity contribution in [3.05, 3.63) is 96.1 Å². The second kappa shape index (κ2) is 15.2. The largest absolute Gasteiger partial charge is 0.344 e. The Morgan fingerprint density at radius 3 is 2.28 bits per heavy atom. The average Bonchev–Trinajstić information content (AvgIpc) is 3.23. The van der Waals surface area contributed by atoms with Crippen LogP contribution in [-0.2, 0) is 11.3 Å². The Balaban J connectivity index is 0.00000178. The third-order valence-electron chi connectivity index (χ3n) is 7.65. The van der Waals surface area contributed by atoms with Crippen molar-refractivity contribution in [3.8, 4) is 0 Å². The maximum atomic E-state index is 13.3. The Bertz CT molecular complexity index is 1160. The second-order valence-corrected chi connectivity index (χ2v) is 9.90. The molecule has 210 valence electrons. The molecule has 2 aromatic heterocycles. The smallest absolute Gasteiger partial charge is 0.270 e. The summed E-state index contributed by atoms with van der Waals surface area (Å²) in [4.78, 5) is 39.0. The highest BCUT2D eigenvalue weighted by molar-refractivity contribution is 5.92. The van der Waals surface area contributed by atoms with Crippen molar-refractivity contribution >= 4 is 49.0 Å². The van der Waals surface area contributed by atoms with E-state index in [1.54, 1.807) is 18.5 Å². The first-order valence-electron chi connectivity index (χ1n) is 12.8. The summed E-state index contributed by atoms with van der Waals surface area (Å²) in [5.41, 5.74) is 2.38. The van der Waals surface area contributed by atoms with Crippen molar-refractivity contribution in [3.63, 3.8) is 0 Å². The highest BCUT2D eigenvalue weighted by Crippen LogP contribution is 2.42. The van der Waals surface area contributed by atoms with Gasteiger partial charge in [0.1, 0.15) is 5.69 Å². The molecule has 0 radical (unpaired) electrons. The van der Waals surface area contributed by atoms with Gasteiger partial charge in [-0.05, 0) is 68.1 Å². The van der Waals surface area contributed by atoms with Crippen LogP contribution in [0.2, 0.25) is 0 Å². The van der Waals surface area contributed by atoms with Crippen molar-refractivity contribution in [1.82, 2.24) is 25.1 Å². The van der Waals surface area contributed by atoms with E-state index in [1.165, 1.54) is 0 Å². The lowest BCUT2D eigenvalue weighted by atomic mass is 9.77. The second-order valence-electron chi connectivity index (χ2n) is 9.90. The molecule has 2 saturated heterocycles. The molecule has 0 saturated carbocycles. The molecule has 1 aromatic carbocycles. The molecule has 2 amide bonds. The molecule has 2 aliphatic rings. The number of amides is 2. The summed E-state index contributed by atoms with van der Waals surface area (Å²) in [6.45, 7) is 4.15. The van der Waals surface area contributed by atoms with E-state index in [4.69, 9.17) is 0 Å². The van der Waals surface area contributed by atoms with Gasteiger partial charge in [0.25, 0.3) is 5.91 Å². The number of aromatic nitrogens is 2. The third-order valence-corrected chi connectivity index (χ3v) is 7.65. The van der Waals surface area contributed by atoms with Crippen LogP contribution in [0.5, 0.6) is 0 Å². The molecule has 2 fully saturated rings. The van der Waals surface area contributed by atoms with Crippen LogP contribution in [0, 0.1) is 5.41 Å². The predicted octanol–water partition coefficient (Wildman–Crippen LogP) is 5.12. The fraction of sp³-hybridized carbons (Fsp3) is 0.379. The van der Waals surface area contributed by atoms with Gasteiger partial charge in [-0.3, -0.25) is 19.6 Å². The first kappa shape index (κ1) is 32.5. The van der Waals surface area contributed by atoms with Gasteiger partial charge in [-0.2, -0.15) is 0 Å². The fourth-order valence-corrected chi connectivity index (χ4v) is 5.47. The van der Waals surface area contributed by atoms with Crippen molar-refractivity contribution < 1.29 is 9.59 Å². The summed E-state index contributed by atoms with van der Waals surface area (Å²) in [6.07, 6.45) is 8.77. The molecule has 5 rings (SSSR count). The van der Waals surface area contributed by atoms with Gasteiger partial charge in [0.15, 0.2) is 0 Å². The number of piperidine rings is 1. The molecule has 1 atom stereocenters. The number of halogens is 3. The number of rotatable bonds is 8. The molecule has 1 spiro atoms. The molecule has 0 aliphatic carbocycles. The van der Waals surface area contributed by atoms with E-state index < -0.39 is 0 Å². The minimum Gasteiger partial charge on any atom is -0.344 e. The Morgan fingerprint density at radius 2 is 1.62 bits per heavy atom. The zero-order chi connectivity index (χ0) is 24.8. The Hall–Kier alpha value is -2.71. The number of benzene rings is 1. The lowest BCUT2D eigenvalue weighted by Gasteiger charge is -2.38. The number of carbonyl (C=O) groups is 2. The molecule has 39 heavy (non-hydrogen) atoms. The predicted molar refractivity (Wildman–Crippen MR) is 160 cm³/mol. The first-order valence-corrected chi connectivity index (χ1v) is 12.8. The van der Waals surface area contributed by atoms with Crippen LogP contribution in [0.3, 0.4) is 0 Å². The molecular weight excluding hydrogens is 557 g/mol. The van der Waals surface area contributed by atoms with Gasteiger partial charge >= 0.3 is 0 Å². The summed E-state index contributed by atoms with van der Waals surface area (Å²) >= 11 is 0. The van der Waals surface area contributed by atoms with Gasteiger partial charge in [-0.25, -0.2) is 0 Å². The molecule has 2 aliphatic heterocycles. The molecule has 1 N–H and O–H groups in total. The van der Waals surface area contributed by atoms with Crippen LogP contribution in [0.15, 0.2) is 79.3 Å². The molecular formula is C29H36Cl3N5O2. The third kappa shape index (κ3) is 7.92. The highest BCUT2D eigenvalue weighted by Gasteiger charge is 2.47. The lowest BCUT2D eigenvalue weighted by molar-refractivity contribution is -0.138. The Labute approximate surface area is 249 Å². The van der Waals surface area contributed by atoms with Crippen LogP contribution in [0.1, 0.15) is 53.3 Å². The number of hydrogen-bond acceptors (Lipinski definition) is 5. The minimum absolute atomic E-state index is 0. The van der Waals surface area contributed by atoms with Crippen molar-refractivity contribution in [2.24, 2.45) is 5.41 Å². The van der Waals surface area contributed by atoms with E-state index in [1.807, 2.05) is 53.6 Å². The molecule has 1 unspecified atom stereocenters. The summed E-state index contributed by atoms with van der Waals surface area (Å²) in [6, 6.07) is 19.3. The van der Waals surface area contributed by atoms with Gasteiger partial charge in [-0.1, -0.05) is 42.5 Å². The van der Waals surface area contributed by atoms with Gasteiger partial charge in [0.05, 0.1) is 11.5 Å². The molecule has 10 heteroatoms. The fourth-order valence-electron chi connectivity index (χ4n) is 5.47. The van der Waals surface area contributed by atoms with Gasteiger partial charge < -0.3 is 15.1 Å². The standard InChI is InChI=1S/C29H33N5O2.3ClH/c35-27(26-10-4-5-16-31-26)32-25(24-8-2-1-3-9-24)11-17-33-18-12-29(13-19-33)14-20-34(28(29)36)22-23-7-6-15-30-21-23;;;/h1-10,15-16,21,25H,11-14,17-20,22H2,(H,32,35);3*1H. The highest BCUT2D eigenvalue weighted by atomic mass is 35.5. The minimum atomic E-state index is -0.218. The topological polar surface area (TPSA) is 78.4 Å². The number of nitrogens with one attached hydrogen (secondary N) is 1. The molecule has 7 nitrogen and oxygen atoms in total. The average molecular weight is 593 g/mol. The number of nitrogens with zero attached hydrogens (tertiary/aromatic N) is 4. The van der Waals surface area contributed by atoms with Crippen LogP contribution in [0.4, 0.5) is 0 Å². The van der Waals surface area contributed by atoms with E-state index in [9.17, 15) is 9.59 Å². The zero-order valence-corrected chi connectivity index (χ0v) is 24.2. The molecule has 3 aromatic rings. The Morgan fingerprint density at radius 1 is 0.897 bits per heavy atom. The van der Waals surface area contributed by atoms with Crippen molar-refractivity contribution in [2.75, 3.05) is 26.2 Å². The monoisotopic (exact) mass is 591 g/mol. The summed E-state index contributed by atoms with van der Waals surface area (Å²) < 4.78 is 0. The SMILES string of the molecule is Cl.Cl.Cl.O=C(NC(CCN1CCC2(CC1)CCN(Cc1cccnc1)C2=O)c1ccccc1)c1ccccn1. The van der Waals surface area contributed by atoms with Crippen molar-refractivity contribution in [1.29, 1.82) is 0 Å². The maximum Gasteiger partial charge on any atom is 0.270 e. The molecule has 4 heterocycles. The van der Waals surface area contributed by atoms with E-state index in [0.717, 1.165) is 63.0 Å². The Kier molecular flexibility index (Phi) is 12.6. The van der Waals surface area contributed by atoms with E-state index >= 15 is 0 Å². The summed E-state index contributed by atoms with van der Waals surface area (Å²) in [5, 5.41) is 3.18. The number of hydrogen-bond donors (Lipinski definition) is 1. The summed E-state index contributed by atoms with van der Waals surface area (Å²) in [5.74, 6) is 0.142. The number of pyridine rings is 2. The van der Waals surface area contributed by atoms with Crippen LogP contribution in [0.25, 0.3) is 0 Å². The lowest BCUT2D eigenvalue weighted by Crippen LogP contribution is -2.45. The summed E-state index contributed by atoms with van der Waals surface area (Å²) in [7, 11) is 0. The first-order chi connectivity index (χ1) is 17.6. The van der Waals surface area contributed by atoms with E-state index in [0.29, 0.717) is 18.1 Å². The van der Waals surface area contributed by atoms with Crippen LogP contribution >= 0.6 is 37.2 Å². The van der Waals surface area contributed by atoms with Crippen molar-refractivity contribution in [2.45, 2.75) is 38.3 Å². The quantitative estimate of drug-likeness (QED) is 0.393. The molecule has 0 bridgehead atoms. The number of likely N-dealkylation sites (tertiary alicyclic amines) is 2. The zero-order valence-electron chi connectivity index (χ0n) is 21.8. The van der Waals surface area contributed by atoms with Crippen LogP contribution < -0.4 is 5.32 Å². The van der Waals surface area contributed by atoms with E-state index in [-0.39, 0.29) is 54.6 Å². The van der Waals surface area contributed by atoms with Gasteiger partial charge in [0, 0.05) is 38.2 Å². The normalized spacial score (nSPS) is 16.9. The van der Waals surface area contributed by atoms with Gasteiger partial charge in [0.2, 0.25) is 5.91 Å². The van der Waals surface area contributed by atoms with Gasteiger partial charge in [-0.15, -0.1) is 37.2 Å².